The third-order valence-corrected chi connectivity index (χ3v) is 6.88. The predicted octanol–water partition coefficient (Wildman–Crippen LogP) is 5.25. The zero-order valence-corrected chi connectivity index (χ0v) is 18.5. The third kappa shape index (κ3) is 4.48. The average Bonchev–Trinajstić information content (AvgIpc) is 3.27. The Morgan fingerprint density at radius 2 is 1.59 bits per heavy atom. The van der Waals surface area contributed by atoms with Gasteiger partial charge in [-0.15, -0.1) is 0 Å². The Labute approximate surface area is 187 Å². The number of ketones is 1. The smallest absolute Gasteiger partial charge is 0.264 e. The monoisotopic (exact) mass is 446 g/mol. The maximum atomic E-state index is 13.5. The summed E-state index contributed by atoms with van der Waals surface area (Å²) in [6.45, 7) is 3.34. The highest BCUT2D eigenvalue weighted by Gasteiger charge is 2.26. The van der Waals surface area contributed by atoms with E-state index in [1.165, 1.54) is 11.2 Å². The molecule has 0 N–H and O–H groups in total. The van der Waals surface area contributed by atoms with Crippen molar-refractivity contribution in [2.75, 3.05) is 4.31 Å². The van der Waals surface area contributed by atoms with Crippen molar-refractivity contribution in [3.8, 4) is 11.3 Å². The second-order valence-electron chi connectivity index (χ2n) is 7.48. The molecule has 1 heterocycles. The number of hydrogen-bond acceptors (Lipinski definition) is 5. The maximum absolute atomic E-state index is 13.5. The molecule has 0 spiro atoms. The van der Waals surface area contributed by atoms with Gasteiger partial charge >= 0.3 is 0 Å². The number of benzene rings is 3. The first-order chi connectivity index (χ1) is 15.3. The van der Waals surface area contributed by atoms with Crippen LogP contribution in [-0.4, -0.2) is 19.4 Å². The predicted molar refractivity (Wildman–Crippen MR) is 123 cm³/mol. The first-order valence-corrected chi connectivity index (χ1v) is 11.5. The van der Waals surface area contributed by atoms with Crippen LogP contribution in [0.1, 0.15) is 28.5 Å². The zero-order chi connectivity index (χ0) is 22.7. The molecule has 0 saturated carbocycles. The van der Waals surface area contributed by atoms with E-state index in [1.54, 1.807) is 54.6 Å². The van der Waals surface area contributed by atoms with Gasteiger partial charge in [0.2, 0.25) is 0 Å². The third-order valence-electron chi connectivity index (χ3n) is 5.09. The summed E-state index contributed by atoms with van der Waals surface area (Å²) in [4.78, 5) is 11.8. The highest BCUT2D eigenvalue weighted by atomic mass is 32.2. The van der Waals surface area contributed by atoms with Crippen LogP contribution >= 0.6 is 0 Å². The van der Waals surface area contributed by atoms with Crippen molar-refractivity contribution in [3.05, 3.63) is 102 Å². The van der Waals surface area contributed by atoms with E-state index < -0.39 is 10.0 Å². The number of Topliss-reactive ketones (excluding diaryl/α,β-unsaturated/α-hetero) is 1. The van der Waals surface area contributed by atoms with Crippen LogP contribution < -0.4 is 4.31 Å². The van der Waals surface area contributed by atoms with Crippen molar-refractivity contribution in [1.29, 1.82) is 0 Å². The Balaban J connectivity index is 1.73. The molecule has 0 radical (unpaired) electrons. The molecule has 0 aliphatic rings. The second kappa shape index (κ2) is 8.80. The molecule has 32 heavy (non-hydrogen) atoms. The van der Waals surface area contributed by atoms with Crippen molar-refractivity contribution < 1.29 is 17.7 Å². The van der Waals surface area contributed by atoms with Gasteiger partial charge < -0.3 is 4.52 Å². The second-order valence-corrected chi connectivity index (χ2v) is 9.34. The summed E-state index contributed by atoms with van der Waals surface area (Å²) in [5.74, 6) is 0.466. The SMILES string of the molecule is CC(=O)c1ccc(N(Cc2cc(-c3ccccc3)on2)S(=O)(=O)c2ccc(C)cc2)cc1. The minimum atomic E-state index is -3.89. The molecule has 0 bridgehead atoms. The highest BCUT2D eigenvalue weighted by molar-refractivity contribution is 7.92. The quantitative estimate of drug-likeness (QED) is 0.362. The Morgan fingerprint density at radius 3 is 2.22 bits per heavy atom. The number of rotatable bonds is 7. The van der Waals surface area contributed by atoms with Gasteiger partial charge in [0.05, 0.1) is 17.1 Å². The van der Waals surface area contributed by atoms with E-state index in [-0.39, 0.29) is 17.2 Å². The van der Waals surface area contributed by atoms with E-state index in [9.17, 15) is 13.2 Å². The molecule has 4 rings (SSSR count). The van der Waals surface area contributed by atoms with Crippen LogP contribution in [0.2, 0.25) is 0 Å². The molecule has 3 aromatic carbocycles. The zero-order valence-electron chi connectivity index (χ0n) is 17.7. The lowest BCUT2D eigenvalue weighted by atomic mass is 10.1. The van der Waals surface area contributed by atoms with Crippen molar-refractivity contribution in [2.24, 2.45) is 0 Å². The summed E-state index contributed by atoms with van der Waals surface area (Å²) in [7, 11) is -3.89. The van der Waals surface area contributed by atoms with Gasteiger partial charge in [0.1, 0.15) is 5.69 Å². The molecule has 0 saturated heterocycles. The molecule has 7 heteroatoms. The van der Waals surface area contributed by atoms with Crippen LogP contribution in [0.25, 0.3) is 11.3 Å². The minimum absolute atomic E-state index is 0.0219. The summed E-state index contributed by atoms with van der Waals surface area (Å²) >= 11 is 0. The standard InChI is InChI=1S/C25H22N2O4S/c1-18-8-14-24(15-9-18)32(29,30)27(23-12-10-20(11-13-23)19(2)28)17-22-16-25(31-26-22)21-6-4-3-5-7-21/h3-16H,17H2,1-2H3. The van der Waals surface area contributed by atoms with Gasteiger partial charge in [0, 0.05) is 17.2 Å². The molecule has 0 unspecified atom stereocenters. The van der Waals surface area contributed by atoms with E-state index >= 15 is 0 Å². The van der Waals surface area contributed by atoms with E-state index in [0.717, 1.165) is 11.1 Å². The molecule has 162 valence electrons. The number of aromatic nitrogens is 1. The Bertz CT molecular complexity index is 1330. The van der Waals surface area contributed by atoms with Crippen molar-refractivity contribution in [1.82, 2.24) is 5.16 Å². The Morgan fingerprint density at radius 1 is 0.938 bits per heavy atom. The summed E-state index contributed by atoms with van der Waals surface area (Å²) in [5.41, 5.74) is 3.22. The largest absolute Gasteiger partial charge is 0.356 e. The van der Waals surface area contributed by atoms with E-state index in [2.05, 4.69) is 5.16 Å². The Hall–Kier alpha value is -3.71. The van der Waals surface area contributed by atoms with Gasteiger partial charge in [-0.1, -0.05) is 53.2 Å². The molecular formula is C25H22N2O4S. The van der Waals surface area contributed by atoms with Crippen molar-refractivity contribution in [2.45, 2.75) is 25.3 Å². The fourth-order valence-corrected chi connectivity index (χ4v) is 4.72. The molecule has 0 aliphatic heterocycles. The topological polar surface area (TPSA) is 80.5 Å². The summed E-state index contributed by atoms with van der Waals surface area (Å²) in [5, 5.41) is 4.09. The first kappa shape index (κ1) is 21.5. The van der Waals surface area contributed by atoms with Gasteiger partial charge in [-0.05, 0) is 50.2 Å². The fraction of sp³-hybridized carbons (Fsp3) is 0.120. The van der Waals surface area contributed by atoms with Gasteiger partial charge in [0.25, 0.3) is 10.0 Å². The van der Waals surface area contributed by atoms with E-state index in [0.29, 0.717) is 22.7 Å². The fourth-order valence-electron chi connectivity index (χ4n) is 3.29. The average molecular weight is 447 g/mol. The van der Waals surface area contributed by atoms with Gasteiger partial charge in [-0.3, -0.25) is 9.10 Å². The lowest BCUT2D eigenvalue weighted by Gasteiger charge is -2.24. The minimum Gasteiger partial charge on any atom is -0.356 e. The van der Waals surface area contributed by atoms with Gasteiger partial charge in [-0.25, -0.2) is 8.42 Å². The highest BCUT2D eigenvalue weighted by Crippen LogP contribution is 2.28. The molecule has 0 aliphatic carbocycles. The number of nitrogens with zero attached hydrogens (tertiary/aromatic N) is 2. The van der Waals surface area contributed by atoms with Crippen LogP contribution in [0, 0.1) is 6.92 Å². The number of hydrogen-bond donors (Lipinski definition) is 0. The normalized spacial score (nSPS) is 11.3. The number of anilines is 1. The van der Waals surface area contributed by atoms with Crippen LogP contribution in [0.5, 0.6) is 0 Å². The summed E-state index contributed by atoms with van der Waals surface area (Å²) < 4.78 is 33.8. The molecule has 4 aromatic rings. The van der Waals surface area contributed by atoms with Crippen LogP contribution in [0.4, 0.5) is 5.69 Å². The Kier molecular flexibility index (Phi) is 5.92. The number of sulfonamides is 1. The van der Waals surface area contributed by atoms with Gasteiger partial charge in [0.15, 0.2) is 11.5 Å². The van der Waals surface area contributed by atoms with E-state index in [4.69, 9.17) is 4.52 Å². The lowest BCUT2D eigenvalue weighted by molar-refractivity contribution is 0.101. The van der Waals surface area contributed by atoms with Crippen LogP contribution in [0.15, 0.2) is 94.3 Å². The summed E-state index contributed by atoms with van der Waals surface area (Å²) in [6.07, 6.45) is 0. The molecule has 0 amide bonds. The van der Waals surface area contributed by atoms with Crippen molar-refractivity contribution >= 4 is 21.5 Å². The van der Waals surface area contributed by atoms with Crippen molar-refractivity contribution in [3.63, 3.8) is 0 Å². The number of carbonyl (C=O) groups is 1. The molecule has 1 aromatic heterocycles. The lowest BCUT2D eigenvalue weighted by Crippen LogP contribution is -2.30. The molecular weight excluding hydrogens is 424 g/mol. The van der Waals surface area contributed by atoms with Crippen LogP contribution in [-0.2, 0) is 16.6 Å². The molecule has 6 nitrogen and oxygen atoms in total. The number of carbonyl (C=O) groups excluding carboxylic acids is 1. The van der Waals surface area contributed by atoms with Gasteiger partial charge in [-0.2, -0.15) is 0 Å². The molecule has 0 atom stereocenters. The molecule has 0 fully saturated rings. The summed E-state index contributed by atoms with van der Waals surface area (Å²) in [6, 6.07) is 24.4. The first-order valence-electron chi connectivity index (χ1n) is 10.1. The number of aryl methyl sites for hydroxylation is 1. The maximum Gasteiger partial charge on any atom is 0.264 e. The van der Waals surface area contributed by atoms with E-state index in [1.807, 2.05) is 37.3 Å². The van der Waals surface area contributed by atoms with Crippen LogP contribution in [0.3, 0.4) is 0 Å².